The minimum absolute atomic E-state index is 0.0321. The molecular formula is C20H25N3O4. The molecule has 0 atom stereocenters. The van der Waals surface area contributed by atoms with Gasteiger partial charge in [0.25, 0.3) is 11.5 Å². The molecule has 0 radical (unpaired) electrons. The van der Waals surface area contributed by atoms with Crippen molar-refractivity contribution in [2.24, 2.45) is 7.05 Å². The second-order valence-corrected chi connectivity index (χ2v) is 6.93. The van der Waals surface area contributed by atoms with Gasteiger partial charge in [0.2, 0.25) is 0 Å². The van der Waals surface area contributed by atoms with Gasteiger partial charge in [0.05, 0.1) is 0 Å². The minimum Gasteiger partial charge on any atom is -0.451 e. The molecule has 7 nitrogen and oxygen atoms in total. The third kappa shape index (κ3) is 5.03. The first-order chi connectivity index (χ1) is 12.7. The topological polar surface area (TPSA) is 90.3 Å². The van der Waals surface area contributed by atoms with Gasteiger partial charge in [-0.25, -0.2) is 9.48 Å². The van der Waals surface area contributed by atoms with Crippen molar-refractivity contribution in [2.75, 3.05) is 11.9 Å². The average molecular weight is 371 g/mol. The molecule has 0 spiro atoms. The molecule has 1 heterocycles. The smallest absolute Gasteiger partial charge is 0.359 e. The fourth-order valence-electron chi connectivity index (χ4n) is 2.69. The Hall–Kier alpha value is -2.96. The van der Waals surface area contributed by atoms with E-state index in [2.05, 4.69) is 38.1 Å². The molecule has 2 rings (SSSR count). The fourth-order valence-corrected chi connectivity index (χ4v) is 2.69. The molecule has 144 valence electrons. The van der Waals surface area contributed by atoms with Gasteiger partial charge in [-0.3, -0.25) is 9.59 Å². The van der Waals surface area contributed by atoms with Crippen LogP contribution in [0.2, 0.25) is 0 Å². The van der Waals surface area contributed by atoms with Crippen LogP contribution in [0.25, 0.3) is 0 Å². The largest absolute Gasteiger partial charge is 0.451 e. The summed E-state index contributed by atoms with van der Waals surface area (Å²) in [7, 11) is 1.43. The second kappa shape index (κ2) is 8.62. The van der Waals surface area contributed by atoms with Gasteiger partial charge in [-0.2, -0.15) is 5.10 Å². The highest BCUT2D eigenvalue weighted by Gasteiger charge is 2.17. The van der Waals surface area contributed by atoms with Gasteiger partial charge in [-0.1, -0.05) is 45.9 Å². The first kappa shape index (κ1) is 20.4. The van der Waals surface area contributed by atoms with Crippen molar-refractivity contribution in [2.45, 2.75) is 39.5 Å². The summed E-state index contributed by atoms with van der Waals surface area (Å²) >= 11 is 0. The Morgan fingerprint density at radius 3 is 2.19 bits per heavy atom. The number of nitrogens with zero attached hydrogens (tertiary/aromatic N) is 2. The van der Waals surface area contributed by atoms with Crippen molar-refractivity contribution in [1.82, 2.24) is 9.78 Å². The van der Waals surface area contributed by atoms with Crippen LogP contribution in [-0.2, 0) is 16.6 Å². The Balaban J connectivity index is 2.10. The number of anilines is 1. The number of aryl methyl sites for hydroxylation is 1. The lowest BCUT2D eigenvalue weighted by Crippen LogP contribution is -2.25. The van der Waals surface area contributed by atoms with Gasteiger partial charge >= 0.3 is 5.97 Å². The number of hydrogen-bond donors (Lipinski definition) is 1. The number of benzene rings is 1. The highest BCUT2D eigenvalue weighted by Crippen LogP contribution is 2.32. The maximum Gasteiger partial charge on any atom is 0.359 e. The summed E-state index contributed by atoms with van der Waals surface area (Å²) in [5.41, 5.74) is 2.45. The number of aromatic nitrogens is 2. The Bertz CT molecular complexity index is 874. The highest BCUT2D eigenvalue weighted by atomic mass is 16.5. The van der Waals surface area contributed by atoms with Gasteiger partial charge < -0.3 is 10.1 Å². The third-order valence-electron chi connectivity index (χ3n) is 4.14. The standard InChI is InChI=1S/C20H25N3O4/c1-12(2)14-7-6-8-15(13(3)4)19(14)21-17(24)11-27-20(26)16-9-10-18(25)23(5)22-16/h6-10,12-13H,11H2,1-5H3,(H,21,24). The molecule has 2 aromatic rings. The number of rotatable bonds is 6. The lowest BCUT2D eigenvalue weighted by molar-refractivity contribution is -0.119. The summed E-state index contributed by atoms with van der Waals surface area (Å²) in [5, 5.41) is 6.68. The first-order valence-corrected chi connectivity index (χ1v) is 8.84. The molecule has 1 amide bonds. The number of nitrogens with one attached hydrogen (secondary N) is 1. The number of para-hydroxylation sites is 1. The number of ether oxygens (including phenoxy) is 1. The number of hydrogen-bond acceptors (Lipinski definition) is 5. The van der Waals surface area contributed by atoms with Gasteiger partial charge in [-0.15, -0.1) is 0 Å². The molecule has 0 saturated heterocycles. The summed E-state index contributed by atoms with van der Waals surface area (Å²) < 4.78 is 6.06. The van der Waals surface area contributed by atoms with Crippen molar-refractivity contribution in [3.05, 3.63) is 57.5 Å². The van der Waals surface area contributed by atoms with E-state index >= 15 is 0 Å². The van der Waals surface area contributed by atoms with E-state index in [1.165, 1.54) is 19.2 Å². The van der Waals surface area contributed by atoms with Crippen molar-refractivity contribution in [3.63, 3.8) is 0 Å². The quantitative estimate of drug-likeness (QED) is 0.789. The summed E-state index contributed by atoms with van der Waals surface area (Å²) in [5.74, 6) is -0.724. The van der Waals surface area contributed by atoms with E-state index in [-0.39, 0.29) is 23.1 Å². The van der Waals surface area contributed by atoms with Crippen LogP contribution in [-0.4, -0.2) is 28.3 Å². The Kier molecular flexibility index (Phi) is 6.50. The number of carbonyl (C=O) groups excluding carboxylic acids is 2. The molecule has 0 aliphatic carbocycles. The number of carbonyl (C=O) groups is 2. The molecule has 0 fully saturated rings. The second-order valence-electron chi connectivity index (χ2n) is 6.93. The Morgan fingerprint density at radius 1 is 1.07 bits per heavy atom. The lowest BCUT2D eigenvalue weighted by atomic mass is 9.92. The van der Waals surface area contributed by atoms with Gasteiger partial charge in [0.1, 0.15) is 0 Å². The van der Waals surface area contributed by atoms with Crippen LogP contribution in [0.3, 0.4) is 0 Å². The average Bonchev–Trinajstić information content (AvgIpc) is 2.61. The molecule has 0 aliphatic rings. The van der Waals surface area contributed by atoms with Crippen molar-refractivity contribution < 1.29 is 14.3 Å². The van der Waals surface area contributed by atoms with Crippen LogP contribution in [0.4, 0.5) is 5.69 Å². The van der Waals surface area contributed by atoms with Crippen LogP contribution in [0.15, 0.2) is 35.1 Å². The third-order valence-corrected chi connectivity index (χ3v) is 4.14. The SMILES string of the molecule is CC(C)c1cccc(C(C)C)c1NC(=O)COC(=O)c1ccc(=O)n(C)n1. The number of amides is 1. The fraction of sp³-hybridized carbons (Fsp3) is 0.400. The van der Waals surface area contributed by atoms with Crippen molar-refractivity contribution in [3.8, 4) is 0 Å². The van der Waals surface area contributed by atoms with Gasteiger partial charge in [-0.05, 0) is 29.0 Å². The van der Waals surface area contributed by atoms with Crippen LogP contribution in [0, 0.1) is 0 Å². The molecule has 0 unspecified atom stereocenters. The zero-order valence-electron chi connectivity index (χ0n) is 16.3. The van der Waals surface area contributed by atoms with Crippen molar-refractivity contribution in [1.29, 1.82) is 0 Å². The Labute approximate surface area is 158 Å². The Morgan fingerprint density at radius 2 is 1.67 bits per heavy atom. The van der Waals surface area contributed by atoms with Crippen molar-refractivity contribution >= 4 is 17.6 Å². The zero-order chi connectivity index (χ0) is 20.1. The molecule has 7 heteroatoms. The van der Waals surface area contributed by atoms with Gasteiger partial charge in [0, 0.05) is 18.8 Å². The molecule has 27 heavy (non-hydrogen) atoms. The number of esters is 1. The summed E-state index contributed by atoms with van der Waals surface area (Å²) in [6.07, 6.45) is 0. The normalized spacial score (nSPS) is 10.9. The predicted molar refractivity (Wildman–Crippen MR) is 103 cm³/mol. The molecule has 1 aromatic carbocycles. The van der Waals surface area contributed by atoms with Crippen LogP contribution >= 0.6 is 0 Å². The molecular weight excluding hydrogens is 346 g/mol. The summed E-state index contributed by atoms with van der Waals surface area (Å²) in [4.78, 5) is 35.7. The molecule has 1 N–H and O–H groups in total. The van der Waals surface area contributed by atoms with Crippen LogP contribution < -0.4 is 10.9 Å². The molecule has 0 saturated carbocycles. The predicted octanol–water partition coefficient (Wildman–Crippen LogP) is 2.82. The first-order valence-electron chi connectivity index (χ1n) is 8.84. The summed E-state index contributed by atoms with van der Waals surface area (Å²) in [6, 6.07) is 8.43. The molecule has 0 aliphatic heterocycles. The van der Waals surface area contributed by atoms with E-state index in [9.17, 15) is 14.4 Å². The van der Waals surface area contributed by atoms with Gasteiger partial charge in [0.15, 0.2) is 12.3 Å². The van der Waals surface area contributed by atoms with Crippen LogP contribution in [0.1, 0.15) is 61.1 Å². The van der Waals surface area contributed by atoms with Crippen LogP contribution in [0.5, 0.6) is 0 Å². The van der Waals surface area contributed by atoms with E-state index in [0.29, 0.717) is 0 Å². The maximum atomic E-state index is 12.4. The zero-order valence-corrected chi connectivity index (χ0v) is 16.3. The van der Waals surface area contributed by atoms with E-state index < -0.39 is 18.5 Å². The van der Waals surface area contributed by atoms with E-state index in [0.717, 1.165) is 21.5 Å². The van der Waals surface area contributed by atoms with E-state index in [4.69, 9.17) is 4.74 Å². The highest BCUT2D eigenvalue weighted by molar-refractivity contribution is 5.96. The minimum atomic E-state index is -0.762. The van der Waals surface area contributed by atoms with E-state index in [1.807, 2.05) is 18.2 Å². The maximum absolute atomic E-state index is 12.4. The summed E-state index contributed by atoms with van der Waals surface area (Å²) in [6.45, 7) is 7.79. The van der Waals surface area contributed by atoms with E-state index in [1.54, 1.807) is 0 Å². The molecule has 1 aromatic heterocycles. The molecule has 0 bridgehead atoms. The monoisotopic (exact) mass is 371 g/mol. The lowest BCUT2D eigenvalue weighted by Gasteiger charge is -2.20.